The molecule has 1 aromatic rings. The fourth-order valence-corrected chi connectivity index (χ4v) is 3.55. The molecule has 5 heteroatoms. The van der Waals surface area contributed by atoms with Gasteiger partial charge in [0.25, 0.3) is 0 Å². The van der Waals surface area contributed by atoms with Crippen molar-refractivity contribution in [3.63, 3.8) is 0 Å². The minimum Gasteiger partial charge on any atom is -0.492 e. The first-order valence-electron chi connectivity index (χ1n) is 8.26. The van der Waals surface area contributed by atoms with Gasteiger partial charge in [-0.15, -0.1) is 0 Å². The molecule has 2 fully saturated rings. The van der Waals surface area contributed by atoms with Gasteiger partial charge in [-0.05, 0) is 30.9 Å². The third-order valence-electron chi connectivity index (χ3n) is 4.61. The van der Waals surface area contributed by atoms with Crippen molar-refractivity contribution in [2.24, 2.45) is 5.92 Å². The molecule has 1 aliphatic carbocycles. The molecule has 2 N–H and O–H groups in total. The van der Waals surface area contributed by atoms with E-state index in [0.717, 1.165) is 26.3 Å². The lowest BCUT2D eigenvalue weighted by molar-refractivity contribution is 0.0523. The Morgan fingerprint density at radius 3 is 3.14 bits per heavy atom. The first kappa shape index (κ1) is 15.7. The van der Waals surface area contributed by atoms with Crippen molar-refractivity contribution in [3.05, 3.63) is 30.1 Å². The van der Waals surface area contributed by atoms with Gasteiger partial charge in [0.2, 0.25) is 0 Å². The molecular formula is C17H25FN2O2. The van der Waals surface area contributed by atoms with Crippen LogP contribution in [0.3, 0.4) is 0 Å². The van der Waals surface area contributed by atoms with E-state index in [9.17, 15) is 4.39 Å². The number of halogens is 1. The Balaban J connectivity index is 1.40. The summed E-state index contributed by atoms with van der Waals surface area (Å²) in [6.45, 7) is 3.94. The maximum absolute atomic E-state index is 13.1. The van der Waals surface area contributed by atoms with Gasteiger partial charge in [-0.1, -0.05) is 12.5 Å². The quantitative estimate of drug-likeness (QED) is 0.788. The predicted octanol–water partition coefficient (Wildman–Crippen LogP) is 1.95. The Hall–Kier alpha value is -1.17. The summed E-state index contributed by atoms with van der Waals surface area (Å²) in [5.74, 6) is 0.964. The lowest BCUT2D eigenvalue weighted by atomic mass is 9.94. The molecule has 2 aliphatic rings. The highest BCUT2D eigenvalue weighted by Gasteiger charge is 2.34. The molecule has 122 valence electrons. The van der Waals surface area contributed by atoms with E-state index >= 15 is 0 Å². The first-order valence-corrected chi connectivity index (χ1v) is 8.26. The van der Waals surface area contributed by atoms with Gasteiger partial charge in [-0.2, -0.15) is 0 Å². The number of ether oxygens (including phenoxy) is 2. The molecule has 3 unspecified atom stereocenters. The van der Waals surface area contributed by atoms with E-state index in [2.05, 4.69) is 10.6 Å². The number of nitrogens with one attached hydrogen (secondary N) is 2. The highest BCUT2D eigenvalue weighted by molar-refractivity contribution is 5.22. The summed E-state index contributed by atoms with van der Waals surface area (Å²) >= 11 is 0. The number of benzene rings is 1. The molecule has 3 rings (SSSR count). The van der Waals surface area contributed by atoms with Crippen LogP contribution in [0, 0.1) is 11.7 Å². The van der Waals surface area contributed by atoms with Gasteiger partial charge < -0.3 is 20.1 Å². The van der Waals surface area contributed by atoms with Crippen LogP contribution < -0.4 is 15.4 Å². The van der Waals surface area contributed by atoms with E-state index < -0.39 is 0 Å². The number of hydrogen-bond acceptors (Lipinski definition) is 4. The molecule has 0 spiro atoms. The molecule has 1 aromatic carbocycles. The minimum atomic E-state index is -0.260. The van der Waals surface area contributed by atoms with Crippen molar-refractivity contribution in [2.75, 3.05) is 32.9 Å². The van der Waals surface area contributed by atoms with E-state index in [0.29, 0.717) is 30.4 Å². The van der Waals surface area contributed by atoms with Crippen LogP contribution >= 0.6 is 0 Å². The molecule has 0 aromatic heterocycles. The maximum atomic E-state index is 13.1. The van der Waals surface area contributed by atoms with Gasteiger partial charge >= 0.3 is 0 Å². The van der Waals surface area contributed by atoms with Crippen LogP contribution in [0.4, 0.5) is 4.39 Å². The summed E-state index contributed by atoms with van der Waals surface area (Å²) in [4.78, 5) is 0. The fourth-order valence-electron chi connectivity index (χ4n) is 3.55. The Morgan fingerprint density at radius 2 is 2.32 bits per heavy atom. The van der Waals surface area contributed by atoms with Crippen LogP contribution in [0.2, 0.25) is 0 Å². The van der Waals surface area contributed by atoms with Crippen molar-refractivity contribution < 1.29 is 13.9 Å². The van der Waals surface area contributed by atoms with Gasteiger partial charge in [0.1, 0.15) is 18.2 Å². The molecule has 1 aliphatic heterocycles. The third kappa shape index (κ3) is 4.18. The van der Waals surface area contributed by atoms with Gasteiger partial charge in [0.15, 0.2) is 0 Å². The Labute approximate surface area is 131 Å². The van der Waals surface area contributed by atoms with E-state index in [4.69, 9.17) is 9.47 Å². The van der Waals surface area contributed by atoms with Gasteiger partial charge in [0.05, 0.1) is 13.2 Å². The number of hydrogen-bond donors (Lipinski definition) is 2. The molecular weight excluding hydrogens is 283 g/mol. The molecule has 22 heavy (non-hydrogen) atoms. The smallest absolute Gasteiger partial charge is 0.126 e. The molecule has 0 amide bonds. The third-order valence-corrected chi connectivity index (χ3v) is 4.61. The SMILES string of the molecule is Fc1cccc(OCCNC2CCCC2C2COCCN2)c1. The monoisotopic (exact) mass is 308 g/mol. The fraction of sp³-hybridized carbons (Fsp3) is 0.647. The molecule has 1 saturated carbocycles. The Kier molecular flexibility index (Phi) is 5.64. The van der Waals surface area contributed by atoms with Crippen molar-refractivity contribution in [1.82, 2.24) is 10.6 Å². The summed E-state index contributed by atoms with van der Waals surface area (Å²) in [6, 6.07) is 7.29. The normalized spacial score (nSPS) is 28.7. The van der Waals surface area contributed by atoms with Gasteiger partial charge in [-0.25, -0.2) is 4.39 Å². The Morgan fingerprint density at radius 1 is 1.36 bits per heavy atom. The van der Waals surface area contributed by atoms with E-state index in [1.807, 2.05) is 0 Å². The maximum Gasteiger partial charge on any atom is 0.126 e. The highest BCUT2D eigenvalue weighted by atomic mass is 19.1. The van der Waals surface area contributed by atoms with Crippen molar-refractivity contribution >= 4 is 0 Å². The zero-order valence-electron chi connectivity index (χ0n) is 12.9. The molecule has 4 nitrogen and oxygen atoms in total. The van der Waals surface area contributed by atoms with E-state index in [1.54, 1.807) is 12.1 Å². The van der Waals surface area contributed by atoms with Crippen molar-refractivity contribution in [1.29, 1.82) is 0 Å². The summed E-state index contributed by atoms with van der Waals surface area (Å²) in [5, 5.41) is 7.18. The summed E-state index contributed by atoms with van der Waals surface area (Å²) in [6.07, 6.45) is 3.73. The number of morpholine rings is 1. The standard InChI is InChI=1S/C17H25FN2O2/c18-13-3-1-4-14(11-13)22-10-8-19-16-6-2-5-15(16)17-12-21-9-7-20-17/h1,3-4,11,15-17,19-20H,2,5-10,12H2. The summed E-state index contributed by atoms with van der Waals surface area (Å²) < 4.78 is 24.2. The van der Waals surface area contributed by atoms with E-state index in [-0.39, 0.29) is 5.82 Å². The van der Waals surface area contributed by atoms with Crippen LogP contribution in [0.1, 0.15) is 19.3 Å². The molecule has 1 saturated heterocycles. The summed E-state index contributed by atoms with van der Waals surface area (Å²) in [7, 11) is 0. The highest BCUT2D eigenvalue weighted by Crippen LogP contribution is 2.29. The lowest BCUT2D eigenvalue weighted by Gasteiger charge is -2.33. The van der Waals surface area contributed by atoms with Crippen LogP contribution in [0.25, 0.3) is 0 Å². The van der Waals surface area contributed by atoms with Crippen molar-refractivity contribution in [2.45, 2.75) is 31.3 Å². The average Bonchev–Trinajstić information content (AvgIpc) is 3.01. The van der Waals surface area contributed by atoms with E-state index in [1.165, 1.54) is 31.4 Å². The topological polar surface area (TPSA) is 42.5 Å². The average molecular weight is 308 g/mol. The second-order valence-corrected chi connectivity index (χ2v) is 6.10. The van der Waals surface area contributed by atoms with Crippen LogP contribution in [-0.2, 0) is 4.74 Å². The second kappa shape index (κ2) is 7.90. The molecule has 3 atom stereocenters. The van der Waals surface area contributed by atoms with Gasteiger partial charge in [0, 0.05) is 31.2 Å². The molecule has 0 radical (unpaired) electrons. The van der Waals surface area contributed by atoms with Crippen LogP contribution in [0.15, 0.2) is 24.3 Å². The molecule has 0 bridgehead atoms. The first-order chi connectivity index (χ1) is 10.8. The second-order valence-electron chi connectivity index (χ2n) is 6.10. The zero-order valence-corrected chi connectivity index (χ0v) is 12.9. The zero-order chi connectivity index (χ0) is 15.2. The predicted molar refractivity (Wildman–Crippen MR) is 83.6 cm³/mol. The largest absolute Gasteiger partial charge is 0.492 e. The lowest BCUT2D eigenvalue weighted by Crippen LogP contribution is -2.51. The Bertz CT molecular complexity index is 466. The van der Waals surface area contributed by atoms with Crippen LogP contribution in [-0.4, -0.2) is 45.0 Å². The van der Waals surface area contributed by atoms with Gasteiger partial charge in [-0.3, -0.25) is 0 Å². The van der Waals surface area contributed by atoms with Crippen LogP contribution in [0.5, 0.6) is 5.75 Å². The molecule has 1 heterocycles. The summed E-state index contributed by atoms with van der Waals surface area (Å²) in [5.41, 5.74) is 0. The van der Waals surface area contributed by atoms with Crippen molar-refractivity contribution in [3.8, 4) is 5.75 Å². The number of rotatable bonds is 6. The minimum absolute atomic E-state index is 0.260.